The number of rotatable bonds is 5. The first-order valence-electron chi connectivity index (χ1n) is 7.63. The second kappa shape index (κ2) is 8.60. The number of hydrogen-bond donors (Lipinski definition) is 1. The molecule has 2 aromatic rings. The lowest BCUT2D eigenvalue weighted by molar-refractivity contribution is -0.137. The van der Waals surface area contributed by atoms with E-state index < -0.39 is 45.7 Å². The first kappa shape index (κ1) is 23.0. The van der Waals surface area contributed by atoms with Gasteiger partial charge in [-0.3, -0.25) is 4.79 Å². The summed E-state index contributed by atoms with van der Waals surface area (Å²) < 4.78 is 67.0. The third kappa shape index (κ3) is 5.84. The predicted octanol–water partition coefficient (Wildman–Crippen LogP) is 4.21. The van der Waals surface area contributed by atoms with E-state index in [0.717, 1.165) is 36.6 Å². The number of nitrogens with one attached hydrogen (secondary N) is 1. The van der Waals surface area contributed by atoms with Crippen molar-refractivity contribution in [3.63, 3.8) is 0 Å². The summed E-state index contributed by atoms with van der Waals surface area (Å²) in [5.41, 5.74) is -2.18. The van der Waals surface area contributed by atoms with E-state index in [1.165, 1.54) is 6.07 Å². The van der Waals surface area contributed by atoms with Crippen molar-refractivity contribution in [3.8, 4) is 0 Å². The summed E-state index contributed by atoms with van der Waals surface area (Å²) in [5, 5.41) is 1.46. The van der Waals surface area contributed by atoms with E-state index in [0.29, 0.717) is 0 Å². The lowest BCUT2D eigenvalue weighted by atomic mass is 10.1. The summed E-state index contributed by atoms with van der Waals surface area (Å²) in [5.74, 6) is -2.22. The number of sulfone groups is 1. The number of anilines is 1. The smallest absolute Gasteiger partial charge is 0.418 e. The minimum absolute atomic E-state index is 0.131. The molecule has 1 N–H and O–H groups in total. The number of benzene rings is 2. The van der Waals surface area contributed by atoms with E-state index in [9.17, 15) is 31.2 Å². The van der Waals surface area contributed by atoms with Crippen LogP contribution in [0, 0.1) is 0 Å². The Kier molecular flexibility index (Phi) is 6.82. The predicted molar refractivity (Wildman–Crippen MR) is 99.9 cm³/mol. The average Bonchev–Trinajstić information content (AvgIpc) is 2.59. The topological polar surface area (TPSA) is 89.5 Å². The van der Waals surface area contributed by atoms with Gasteiger partial charge in [0.25, 0.3) is 5.91 Å². The second-order valence-corrected chi connectivity index (χ2v) is 8.53. The zero-order chi connectivity index (χ0) is 22.0. The number of para-hydroxylation sites is 1. The van der Waals surface area contributed by atoms with Crippen molar-refractivity contribution in [2.75, 3.05) is 18.2 Å². The van der Waals surface area contributed by atoms with Crippen molar-refractivity contribution < 1.29 is 35.9 Å². The van der Waals surface area contributed by atoms with Crippen LogP contribution in [0.1, 0.15) is 15.9 Å². The molecular weight excluding hydrogens is 458 g/mol. The van der Waals surface area contributed by atoms with Crippen molar-refractivity contribution in [2.24, 2.45) is 0 Å². The number of hydrogen-bond acceptors (Lipinski definition) is 5. The van der Waals surface area contributed by atoms with E-state index in [1.54, 1.807) is 0 Å². The molecule has 0 atom stereocenters. The fraction of sp³-hybridized carbons (Fsp3) is 0.176. The third-order valence-electron chi connectivity index (χ3n) is 3.50. The molecule has 0 aliphatic carbocycles. The molecule has 29 heavy (non-hydrogen) atoms. The number of alkyl halides is 3. The van der Waals surface area contributed by atoms with Crippen LogP contribution in [0.2, 0.25) is 10.0 Å². The molecule has 0 unspecified atom stereocenters. The van der Waals surface area contributed by atoms with Gasteiger partial charge in [0.2, 0.25) is 0 Å². The molecule has 2 rings (SSSR count). The van der Waals surface area contributed by atoms with Crippen LogP contribution in [0.4, 0.5) is 18.9 Å². The molecular formula is C17H12Cl2F3NO5S. The van der Waals surface area contributed by atoms with Crippen LogP contribution in [-0.2, 0) is 25.5 Å². The highest BCUT2D eigenvalue weighted by atomic mass is 35.5. The summed E-state index contributed by atoms with van der Waals surface area (Å²) >= 11 is 11.6. The van der Waals surface area contributed by atoms with Gasteiger partial charge in [0.1, 0.15) is 0 Å². The Bertz CT molecular complexity index is 1070. The molecule has 0 aromatic heterocycles. The lowest BCUT2D eigenvalue weighted by Crippen LogP contribution is -2.23. The normalized spacial score (nSPS) is 11.8. The summed E-state index contributed by atoms with van der Waals surface area (Å²) in [6.07, 6.45) is -3.86. The average molecular weight is 470 g/mol. The van der Waals surface area contributed by atoms with Crippen molar-refractivity contribution >= 4 is 50.6 Å². The highest BCUT2D eigenvalue weighted by molar-refractivity contribution is 7.90. The first-order valence-corrected chi connectivity index (χ1v) is 10.3. The first-order chi connectivity index (χ1) is 13.3. The largest absolute Gasteiger partial charge is 0.452 e. The Labute approximate surface area is 173 Å². The molecule has 0 spiro atoms. The Morgan fingerprint density at radius 3 is 2.34 bits per heavy atom. The zero-order valence-corrected chi connectivity index (χ0v) is 16.8. The van der Waals surface area contributed by atoms with Gasteiger partial charge in [0, 0.05) is 6.26 Å². The number of carbonyl (C=O) groups excluding carboxylic acids is 2. The maximum Gasteiger partial charge on any atom is 0.418 e. The Morgan fingerprint density at radius 2 is 1.76 bits per heavy atom. The highest BCUT2D eigenvalue weighted by Crippen LogP contribution is 2.38. The molecule has 0 radical (unpaired) electrons. The Balaban J connectivity index is 2.14. The molecule has 156 valence electrons. The monoisotopic (exact) mass is 469 g/mol. The summed E-state index contributed by atoms with van der Waals surface area (Å²) in [6, 6.07) is 6.25. The van der Waals surface area contributed by atoms with E-state index in [4.69, 9.17) is 27.9 Å². The summed E-state index contributed by atoms with van der Waals surface area (Å²) in [4.78, 5) is 23.9. The van der Waals surface area contributed by atoms with Crippen molar-refractivity contribution in [3.05, 3.63) is 57.6 Å². The van der Waals surface area contributed by atoms with E-state index >= 15 is 0 Å². The molecule has 0 bridgehead atoms. The number of amides is 1. The number of halogens is 5. The van der Waals surface area contributed by atoms with Crippen molar-refractivity contribution in [1.29, 1.82) is 0 Å². The lowest BCUT2D eigenvalue weighted by Gasteiger charge is -2.15. The molecule has 0 saturated heterocycles. The zero-order valence-electron chi connectivity index (χ0n) is 14.5. The van der Waals surface area contributed by atoms with Gasteiger partial charge in [-0.15, -0.1) is 0 Å². The third-order valence-corrected chi connectivity index (χ3v) is 5.26. The quantitative estimate of drug-likeness (QED) is 0.662. The molecule has 0 heterocycles. The van der Waals surface area contributed by atoms with Crippen LogP contribution < -0.4 is 5.32 Å². The fourth-order valence-electron chi connectivity index (χ4n) is 2.16. The van der Waals surface area contributed by atoms with Gasteiger partial charge in [0.15, 0.2) is 16.4 Å². The molecule has 0 fully saturated rings. The Morgan fingerprint density at radius 1 is 1.10 bits per heavy atom. The van der Waals surface area contributed by atoms with Gasteiger partial charge in [0.05, 0.1) is 31.8 Å². The van der Waals surface area contributed by atoms with Gasteiger partial charge in [-0.1, -0.05) is 29.3 Å². The van der Waals surface area contributed by atoms with Crippen LogP contribution >= 0.6 is 23.2 Å². The van der Waals surface area contributed by atoms with Gasteiger partial charge >= 0.3 is 12.1 Å². The van der Waals surface area contributed by atoms with Crippen LogP contribution in [0.25, 0.3) is 0 Å². The standard InChI is InChI=1S/C17H12Cl2F3NO5S/c1-29(26,27)9-5-6-12(18)10(7-9)16(25)28-8-14(24)23-15-11(17(20,21)22)3-2-4-13(15)19/h2-7H,8H2,1H3,(H,23,24). The van der Waals surface area contributed by atoms with Gasteiger partial charge in [-0.25, -0.2) is 13.2 Å². The highest BCUT2D eigenvalue weighted by Gasteiger charge is 2.34. The van der Waals surface area contributed by atoms with Gasteiger partial charge in [-0.2, -0.15) is 13.2 Å². The van der Waals surface area contributed by atoms with Crippen LogP contribution in [0.15, 0.2) is 41.3 Å². The number of carbonyl (C=O) groups is 2. The molecule has 12 heteroatoms. The van der Waals surface area contributed by atoms with Crippen molar-refractivity contribution in [2.45, 2.75) is 11.1 Å². The molecule has 6 nitrogen and oxygen atoms in total. The minimum Gasteiger partial charge on any atom is -0.452 e. The number of esters is 1. The molecule has 2 aromatic carbocycles. The van der Waals surface area contributed by atoms with Crippen LogP contribution in [-0.4, -0.2) is 33.2 Å². The summed E-state index contributed by atoms with van der Waals surface area (Å²) in [7, 11) is -3.64. The fourth-order valence-corrected chi connectivity index (χ4v) is 3.23. The molecule has 0 aliphatic heterocycles. The van der Waals surface area contributed by atoms with Crippen LogP contribution in [0.3, 0.4) is 0 Å². The van der Waals surface area contributed by atoms with E-state index in [1.807, 2.05) is 5.32 Å². The molecule has 0 aliphatic rings. The van der Waals surface area contributed by atoms with Gasteiger partial charge < -0.3 is 10.1 Å². The summed E-state index contributed by atoms with van der Waals surface area (Å²) in [6.45, 7) is -0.958. The number of ether oxygens (including phenoxy) is 1. The van der Waals surface area contributed by atoms with Gasteiger partial charge in [-0.05, 0) is 30.3 Å². The van der Waals surface area contributed by atoms with Crippen molar-refractivity contribution in [1.82, 2.24) is 0 Å². The molecule has 1 amide bonds. The maximum absolute atomic E-state index is 13.0. The van der Waals surface area contributed by atoms with E-state index in [-0.39, 0.29) is 20.5 Å². The second-order valence-electron chi connectivity index (χ2n) is 5.70. The Hall–Kier alpha value is -2.30. The maximum atomic E-state index is 13.0. The van der Waals surface area contributed by atoms with Crippen LogP contribution in [0.5, 0.6) is 0 Å². The van der Waals surface area contributed by atoms with E-state index in [2.05, 4.69) is 0 Å². The molecule has 0 saturated carbocycles. The minimum atomic E-state index is -4.77. The SMILES string of the molecule is CS(=O)(=O)c1ccc(Cl)c(C(=O)OCC(=O)Nc2c(Cl)cccc2C(F)(F)F)c1.